The quantitative estimate of drug-likeness (QED) is 0.916. The summed E-state index contributed by atoms with van der Waals surface area (Å²) in [5, 5.41) is 5.83. The average Bonchev–Trinajstić information content (AvgIpc) is 2.41. The SMILES string of the molecule is CNc1ccccc1C(=O)Nc1ccncc1Br. The van der Waals surface area contributed by atoms with E-state index in [0.717, 1.165) is 10.2 Å². The molecule has 1 aromatic carbocycles. The Morgan fingerprint density at radius 3 is 2.72 bits per heavy atom. The lowest BCUT2D eigenvalue weighted by Crippen LogP contribution is -2.14. The monoisotopic (exact) mass is 305 g/mol. The van der Waals surface area contributed by atoms with Crippen molar-refractivity contribution in [3.8, 4) is 0 Å². The molecule has 1 amide bonds. The summed E-state index contributed by atoms with van der Waals surface area (Å²) in [5.74, 6) is -0.160. The molecule has 0 aliphatic rings. The first-order chi connectivity index (χ1) is 8.72. The minimum atomic E-state index is -0.160. The molecule has 0 saturated heterocycles. The van der Waals surface area contributed by atoms with Crippen LogP contribution in [-0.4, -0.2) is 17.9 Å². The van der Waals surface area contributed by atoms with Crippen molar-refractivity contribution in [1.82, 2.24) is 4.98 Å². The van der Waals surface area contributed by atoms with E-state index >= 15 is 0 Å². The van der Waals surface area contributed by atoms with Gasteiger partial charge in [0, 0.05) is 25.1 Å². The van der Waals surface area contributed by atoms with Crippen LogP contribution in [0, 0.1) is 0 Å². The molecule has 92 valence electrons. The first-order valence-electron chi connectivity index (χ1n) is 5.40. The van der Waals surface area contributed by atoms with Gasteiger partial charge in [-0.15, -0.1) is 0 Å². The van der Waals surface area contributed by atoms with Gasteiger partial charge in [-0.1, -0.05) is 12.1 Å². The lowest BCUT2D eigenvalue weighted by Gasteiger charge is -2.10. The van der Waals surface area contributed by atoms with E-state index in [0.29, 0.717) is 11.3 Å². The van der Waals surface area contributed by atoms with Crippen LogP contribution >= 0.6 is 15.9 Å². The molecular formula is C13H12BrN3O. The van der Waals surface area contributed by atoms with E-state index < -0.39 is 0 Å². The van der Waals surface area contributed by atoms with Crippen LogP contribution in [0.25, 0.3) is 0 Å². The largest absolute Gasteiger partial charge is 0.387 e. The molecular weight excluding hydrogens is 294 g/mol. The lowest BCUT2D eigenvalue weighted by molar-refractivity contribution is 0.102. The van der Waals surface area contributed by atoms with Crippen molar-refractivity contribution in [2.24, 2.45) is 0 Å². The third-order valence-corrected chi connectivity index (χ3v) is 3.09. The Morgan fingerprint density at radius 1 is 1.22 bits per heavy atom. The lowest BCUT2D eigenvalue weighted by atomic mass is 10.1. The van der Waals surface area contributed by atoms with E-state index in [4.69, 9.17) is 0 Å². The standard InChI is InChI=1S/C13H12BrN3O/c1-15-11-5-3-2-4-9(11)13(18)17-12-6-7-16-8-10(12)14/h2-8,15H,1H3,(H,16,17,18). The highest BCUT2D eigenvalue weighted by molar-refractivity contribution is 9.10. The number of nitrogens with one attached hydrogen (secondary N) is 2. The molecule has 0 spiro atoms. The molecule has 18 heavy (non-hydrogen) atoms. The van der Waals surface area contributed by atoms with Gasteiger partial charge in [0.1, 0.15) is 0 Å². The van der Waals surface area contributed by atoms with Crippen LogP contribution in [0.5, 0.6) is 0 Å². The van der Waals surface area contributed by atoms with Gasteiger partial charge in [0.25, 0.3) is 5.91 Å². The Balaban J connectivity index is 2.25. The second kappa shape index (κ2) is 5.64. The average molecular weight is 306 g/mol. The second-order valence-electron chi connectivity index (χ2n) is 3.61. The predicted octanol–water partition coefficient (Wildman–Crippen LogP) is 3.14. The Kier molecular flexibility index (Phi) is 3.94. The number of carbonyl (C=O) groups excluding carboxylic acids is 1. The van der Waals surface area contributed by atoms with E-state index in [1.54, 1.807) is 31.6 Å². The third kappa shape index (κ3) is 2.68. The molecule has 0 aliphatic heterocycles. The third-order valence-electron chi connectivity index (χ3n) is 2.46. The minimum Gasteiger partial charge on any atom is -0.387 e. The Labute approximate surface area is 114 Å². The van der Waals surface area contributed by atoms with Gasteiger partial charge in [0.05, 0.1) is 15.7 Å². The number of anilines is 2. The fourth-order valence-corrected chi connectivity index (χ4v) is 1.91. The number of pyridine rings is 1. The highest BCUT2D eigenvalue weighted by Gasteiger charge is 2.11. The number of benzene rings is 1. The minimum absolute atomic E-state index is 0.160. The summed E-state index contributed by atoms with van der Waals surface area (Å²) >= 11 is 3.34. The molecule has 5 heteroatoms. The zero-order valence-electron chi connectivity index (χ0n) is 9.77. The smallest absolute Gasteiger partial charge is 0.257 e. The number of amides is 1. The molecule has 1 heterocycles. The van der Waals surface area contributed by atoms with E-state index in [9.17, 15) is 4.79 Å². The zero-order chi connectivity index (χ0) is 13.0. The van der Waals surface area contributed by atoms with Crippen LogP contribution in [0.15, 0.2) is 47.2 Å². The van der Waals surface area contributed by atoms with Gasteiger partial charge in [-0.2, -0.15) is 0 Å². The molecule has 0 fully saturated rings. The van der Waals surface area contributed by atoms with Crippen LogP contribution in [0.1, 0.15) is 10.4 Å². The van der Waals surface area contributed by atoms with Gasteiger partial charge < -0.3 is 10.6 Å². The van der Waals surface area contributed by atoms with Crippen molar-refractivity contribution < 1.29 is 4.79 Å². The fourth-order valence-electron chi connectivity index (χ4n) is 1.57. The normalized spacial score (nSPS) is 9.89. The summed E-state index contributed by atoms with van der Waals surface area (Å²) in [5.41, 5.74) is 2.09. The molecule has 0 unspecified atom stereocenters. The van der Waals surface area contributed by atoms with Crippen LogP contribution in [-0.2, 0) is 0 Å². The van der Waals surface area contributed by atoms with E-state index in [1.165, 1.54) is 0 Å². The number of nitrogens with zero attached hydrogens (tertiary/aromatic N) is 1. The molecule has 4 nitrogen and oxygen atoms in total. The summed E-state index contributed by atoms with van der Waals surface area (Å²) in [4.78, 5) is 16.1. The van der Waals surface area contributed by atoms with Crippen molar-refractivity contribution in [2.45, 2.75) is 0 Å². The number of aromatic nitrogens is 1. The molecule has 0 saturated carbocycles. The van der Waals surface area contributed by atoms with E-state index in [1.807, 2.05) is 18.2 Å². The maximum Gasteiger partial charge on any atom is 0.257 e. The predicted molar refractivity (Wildman–Crippen MR) is 75.9 cm³/mol. The van der Waals surface area contributed by atoms with Gasteiger partial charge in [0.15, 0.2) is 0 Å². The number of halogens is 1. The topological polar surface area (TPSA) is 54.0 Å². The number of carbonyl (C=O) groups is 1. The van der Waals surface area contributed by atoms with Crippen molar-refractivity contribution in [3.05, 3.63) is 52.8 Å². The highest BCUT2D eigenvalue weighted by atomic mass is 79.9. The van der Waals surface area contributed by atoms with E-state index in [-0.39, 0.29) is 5.91 Å². The Morgan fingerprint density at radius 2 is 2.00 bits per heavy atom. The van der Waals surface area contributed by atoms with Crippen molar-refractivity contribution in [1.29, 1.82) is 0 Å². The number of rotatable bonds is 3. The molecule has 2 N–H and O–H groups in total. The Bertz CT molecular complexity index is 572. The fraction of sp³-hybridized carbons (Fsp3) is 0.0769. The molecule has 2 aromatic rings. The number of para-hydroxylation sites is 1. The summed E-state index contributed by atoms with van der Waals surface area (Å²) in [6.45, 7) is 0. The maximum atomic E-state index is 12.2. The summed E-state index contributed by atoms with van der Waals surface area (Å²) in [6, 6.07) is 9.08. The van der Waals surface area contributed by atoms with Gasteiger partial charge in [-0.05, 0) is 34.1 Å². The van der Waals surface area contributed by atoms with Gasteiger partial charge in [-0.25, -0.2) is 0 Å². The van der Waals surface area contributed by atoms with Crippen LogP contribution in [0.2, 0.25) is 0 Å². The first kappa shape index (κ1) is 12.6. The summed E-state index contributed by atoms with van der Waals surface area (Å²) in [6.07, 6.45) is 3.27. The maximum absolute atomic E-state index is 12.2. The molecule has 0 radical (unpaired) electrons. The van der Waals surface area contributed by atoms with Crippen LogP contribution in [0.4, 0.5) is 11.4 Å². The van der Waals surface area contributed by atoms with Crippen molar-refractivity contribution in [2.75, 3.05) is 17.7 Å². The van der Waals surface area contributed by atoms with Crippen LogP contribution in [0.3, 0.4) is 0 Å². The molecule has 0 aliphatic carbocycles. The second-order valence-corrected chi connectivity index (χ2v) is 4.46. The molecule has 1 aromatic heterocycles. The first-order valence-corrected chi connectivity index (χ1v) is 6.19. The Hall–Kier alpha value is -1.88. The number of hydrogen-bond donors (Lipinski definition) is 2. The van der Waals surface area contributed by atoms with Gasteiger partial charge in [-0.3, -0.25) is 9.78 Å². The van der Waals surface area contributed by atoms with Gasteiger partial charge in [0.2, 0.25) is 0 Å². The summed E-state index contributed by atoms with van der Waals surface area (Å²) < 4.78 is 0.750. The summed E-state index contributed by atoms with van der Waals surface area (Å²) in [7, 11) is 1.79. The molecule has 0 bridgehead atoms. The van der Waals surface area contributed by atoms with E-state index in [2.05, 4.69) is 31.5 Å². The zero-order valence-corrected chi connectivity index (χ0v) is 11.4. The van der Waals surface area contributed by atoms with Gasteiger partial charge >= 0.3 is 0 Å². The number of hydrogen-bond acceptors (Lipinski definition) is 3. The highest BCUT2D eigenvalue weighted by Crippen LogP contribution is 2.22. The van der Waals surface area contributed by atoms with Crippen molar-refractivity contribution >= 4 is 33.2 Å². The van der Waals surface area contributed by atoms with Crippen LogP contribution < -0.4 is 10.6 Å². The molecule has 0 atom stereocenters. The van der Waals surface area contributed by atoms with Crippen molar-refractivity contribution in [3.63, 3.8) is 0 Å². The molecule has 2 rings (SSSR count).